The fourth-order valence-electron chi connectivity index (χ4n) is 6.29. The summed E-state index contributed by atoms with van der Waals surface area (Å²) < 4.78 is 11.6. The van der Waals surface area contributed by atoms with Crippen molar-refractivity contribution in [2.45, 2.75) is 56.1 Å². The summed E-state index contributed by atoms with van der Waals surface area (Å²) in [6.45, 7) is 3.14. The van der Waals surface area contributed by atoms with Crippen LogP contribution in [0.15, 0.2) is 29.3 Å². The molecule has 5 heteroatoms. The Morgan fingerprint density at radius 1 is 1.21 bits per heavy atom. The third kappa shape index (κ3) is 2.99. The largest absolute Gasteiger partial charge is 0.497 e. The smallest absolute Gasteiger partial charge is 0.193 e. The molecule has 5 rings (SSSR count). The molecule has 4 fully saturated rings. The van der Waals surface area contributed by atoms with Gasteiger partial charge in [0.2, 0.25) is 0 Å². The van der Waals surface area contributed by atoms with Gasteiger partial charge in [-0.3, -0.25) is 4.99 Å². The lowest BCUT2D eigenvalue weighted by atomic mass is 9.78. The molecule has 1 aromatic carbocycles. The van der Waals surface area contributed by atoms with Crippen LogP contribution in [0.2, 0.25) is 0 Å². The molecule has 3 saturated heterocycles. The minimum atomic E-state index is 0.183. The molecule has 1 N–H and O–H groups in total. The number of hydrogen-bond acceptors (Lipinski definition) is 3. The van der Waals surface area contributed by atoms with Crippen LogP contribution in [0.5, 0.6) is 5.75 Å². The van der Waals surface area contributed by atoms with Crippen molar-refractivity contribution < 1.29 is 9.47 Å². The number of aliphatic imine (C=N–C) groups is 1. The van der Waals surface area contributed by atoms with E-state index in [0.29, 0.717) is 24.0 Å². The highest BCUT2D eigenvalue weighted by molar-refractivity contribution is 5.80. The van der Waals surface area contributed by atoms with Gasteiger partial charge in [-0.25, -0.2) is 0 Å². The van der Waals surface area contributed by atoms with Crippen molar-refractivity contribution >= 4 is 5.96 Å². The second kappa shape index (κ2) is 7.25. The van der Waals surface area contributed by atoms with E-state index in [1.54, 1.807) is 7.11 Å². The summed E-state index contributed by atoms with van der Waals surface area (Å²) in [5, 5.41) is 3.76. The van der Waals surface area contributed by atoms with E-state index < -0.39 is 0 Å². The Balaban J connectivity index is 1.29. The summed E-state index contributed by atoms with van der Waals surface area (Å²) in [6, 6.07) is 8.66. The maximum atomic E-state index is 6.14. The van der Waals surface area contributed by atoms with Gasteiger partial charge >= 0.3 is 0 Å². The minimum absolute atomic E-state index is 0.183. The molecule has 4 unspecified atom stereocenters. The number of likely N-dealkylation sites (tertiary alicyclic amines) is 1. The van der Waals surface area contributed by atoms with Crippen molar-refractivity contribution in [3.63, 3.8) is 0 Å². The first kappa shape index (κ1) is 18.3. The third-order valence-corrected chi connectivity index (χ3v) is 7.79. The number of hydrogen-bond donors (Lipinski definition) is 1. The average molecular weight is 384 g/mol. The third-order valence-electron chi connectivity index (χ3n) is 7.79. The van der Waals surface area contributed by atoms with Gasteiger partial charge < -0.3 is 19.7 Å². The Kier molecular flexibility index (Phi) is 4.74. The van der Waals surface area contributed by atoms with E-state index in [1.165, 1.54) is 44.1 Å². The summed E-state index contributed by atoms with van der Waals surface area (Å²) in [6.07, 6.45) is 8.56. The molecular weight excluding hydrogens is 350 g/mol. The molecule has 3 aliphatic heterocycles. The van der Waals surface area contributed by atoms with Gasteiger partial charge in [0.05, 0.1) is 19.3 Å². The first-order valence-electron chi connectivity index (χ1n) is 11.0. The van der Waals surface area contributed by atoms with E-state index in [1.807, 2.05) is 13.1 Å². The molecule has 28 heavy (non-hydrogen) atoms. The van der Waals surface area contributed by atoms with Crippen LogP contribution in [0.4, 0.5) is 0 Å². The van der Waals surface area contributed by atoms with Crippen molar-refractivity contribution in [1.29, 1.82) is 0 Å². The van der Waals surface area contributed by atoms with Gasteiger partial charge in [0.25, 0.3) is 0 Å². The molecule has 5 nitrogen and oxygen atoms in total. The summed E-state index contributed by atoms with van der Waals surface area (Å²) in [7, 11) is 3.68. The monoisotopic (exact) mass is 383 g/mol. The quantitative estimate of drug-likeness (QED) is 0.641. The van der Waals surface area contributed by atoms with E-state index >= 15 is 0 Å². The SMILES string of the molecule is CN=C(NCC1(c2cccc(OC)c2)CCCC1)N1CC2C3CCC(O3)C2C1. The number of methoxy groups -OCH3 is 1. The van der Waals surface area contributed by atoms with E-state index in [4.69, 9.17) is 9.47 Å². The zero-order valence-corrected chi connectivity index (χ0v) is 17.2. The first-order chi connectivity index (χ1) is 13.7. The summed E-state index contributed by atoms with van der Waals surface area (Å²) in [5.41, 5.74) is 1.58. The second-order valence-electron chi connectivity index (χ2n) is 9.14. The van der Waals surface area contributed by atoms with E-state index in [-0.39, 0.29) is 5.41 Å². The molecule has 4 atom stereocenters. The van der Waals surface area contributed by atoms with Crippen molar-refractivity contribution in [1.82, 2.24) is 10.2 Å². The summed E-state index contributed by atoms with van der Waals surface area (Å²) >= 11 is 0. The lowest BCUT2D eigenvalue weighted by Gasteiger charge is -2.33. The molecule has 2 bridgehead atoms. The summed E-state index contributed by atoms with van der Waals surface area (Å²) in [5.74, 6) is 3.44. The van der Waals surface area contributed by atoms with Crippen molar-refractivity contribution in [3.05, 3.63) is 29.8 Å². The van der Waals surface area contributed by atoms with Gasteiger partial charge in [-0.15, -0.1) is 0 Å². The number of benzene rings is 1. The molecule has 4 aliphatic rings. The first-order valence-corrected chi connectivity index (χ1v) is 11.0. The van der Waals surface area contributed by atoms with Crippen LogP contribution >= 0.6 is 0 Å². The van der Waals surface area contributed by atoms with Gasteiger partial charge in [-0.05, 0) is 43.4 Å². The molecular formula is C23H33N3O2. The van der Waals surface area contributed by atoms with Crippen molar-refractivity contribution in [3.8, 4) is 5.75 Å². The zero-order chi connectivity index (χ0) is 19.1. The van der Waals surface area contributed by atoms with Gasteiger partial charge in [0.15, 0.2) is 5.96 Å². The molecule has 0 radical (unpaired) electrons. The van der Waals surface area contributed by atoms with Gasteiger partial charge in [0.1, 0.15) is 5.75 Å². The zero-order valence-electron chi connectivity index (χ0n) is 17.2. The highest BCUT2D eigenvalue weighted by Gasteiger charge is 2.53. The number of rotatable bonds is 4. The normalized spacial score (nSPS) is 33.4. The minimum Gasteiger partial charge on any atom is -0.497 e. The standard InChI is InChI=1S/C23H33N3O2/c1-24-22(26-13-18-19(14-26)21-9-8-20(18)28-21)25-15-23(10-3-4-11-23)16-6-5-7-17(12-16)27-2/h5-7,12,18-21H,3-4,8-11,13-15H2,1-2H3,(H,24,25). The predicted molar refractivity (Wildman–Crippen MR) is 111 cm³/mol. The van der Waals surface area contributed by atoms with Crippen LogP contribution in [0, 0.1) is 11.8 Å². The van der Waals surface area contributed by atoms with Crippen molar-refractivity contribution in [2.24, 2.45) is 16.8 Å². The maximum absolute atomic E-state index is 6.14. The van der Waals surface area contributed by atoms with Gasteiger partial charge in [-0.1, -0.05) is 25.0 Å². The fraction of sp³-hybridized carbons (Fsp3) is 0.696. The predicted octanol–water partition coefficient (Wildman–Crippen LogP) is 3.19. The Hall–Kier alpha value is -1.75. The van der Waals surface area contributed by atoms with E-state index in [9.17, 15) is 0 Å². The molecule has 3 heterocycles. The number of ether oxygens (including phenoxy) is 2. The number of fused-ring (bicyclic) bond motifs is 5. The van der Waals surface area contributed by atoms with E-state index in [2.05, 4.69) is 33.4 Å². The number of guanidine groups is 1. The second-order valence-corrected chi connectivity index (χ2v) is 9.14. The molecule has 0 spiro atoms. The number of nitrogens with one attached hydrogen (secondary N) is 1. The van der Waals surface area contributed by atoms with Crippen LogP contribution < -0.4 is 10.1 Å². The molecule has 1 aromatic rings. The molecule has 1 aliphatic carbocycles. The Labute approximate surface area is 168 Å². The Morgan fingerprint density at radius 3 is 2.57 bits per heavy atom. The molecule has 1 saturated carbocycles. The topological polar surface area (TPSA) is 46.1 Å². The lowest BCUT2D eigenvalue weighted by Crippen LogP contribution is -2.46. The Morgan fingerprint density at radius 2 is 1.93 bits per heavy atom. The van der Waals surface area contributed by atoms with Crippen LogP contribution in [0.3, 0.4) is 0 Å². The Bertz CT molecular complexity index is 725. The molecule has 152 valence electrons. The lowest BCUT2D eigenvalue weighted by molar-refractivity contribution is 0.0767. The van der Waals surface area contributed by atoms with Gasteiger partial charge in [-0.2, -0.15) is 0 Å². The van der Waals surface area contributed by atoms with Crippen LogP contribution in [-0.4, -0.2) is 56.9 Å². The van der Waals surface area contributed by atoms with Crippen LogP contribution in [0.1, 0.15) is 44.1 Å². The number of nitrogens with zero attached hydrogens (tertiary/aromatic N) is 2. The van der Waals surface area contributed by atoms with Gasteiger partial charge in [0, 0.05) is 43.9 Å². The summed E-state index contributed by atoms with van der Waals surface area (Å²) in [4.78, 5) is 7.14. The fourth-order valence-corrected chi connectivity index (χ4v) is 6.29. The molecule has 0 amide bonds. The van der Waals surface area contributed by atoms with E-state index in [0.717, 1.165) is 31.3 Å². The van der Waals surface area contributed by atoms with Crippen LogP contribution in [0.25, 0.3) is 0 Å². The molecule has 0 aromatic heterocycles. The van der Waals surface area contributed by atoms with Crippen LogP contribution in [-0.2, 0) is 10.2 Å². The maximum Gasteiger partial charge on any atom is 0.193 e. The average Bonchev–Trinajstić information content (AvgIpc) is 3.50. The highest BCUT2D eigenvalue weighted by Crippen LogP contribution is 2.47. The highest BCUT2D eigenvalue weighted by atomic mass is 16.5. The van der Waals surface area contributed by atoms with Crippen molar-refractivity contribution in [2.75, 3.05) is 33.8 Å².